The van der Waals surface area contributed by atoms with Crippen molar-refractivity contribution in [3.8, 4) is 0 Å². The molecule has 4 nitrogen and oxygen atoms in total. The van der Waals surface area contributed by atoms with Gasteiger partial charge in [-0.25, -0.2) is 0 Å². The fourth-order valence-corrected chi connectivity index (χ4v) is 1.39. The molecule has 0 aromatic carbocycles. The average Bonchev–Trinajstić information content (AvgIpc) is 2.28. The second-order valence-electron chi connectivity index (χ2n) is 4.41. The van der Waals surface area contributed by atoms with Crippen molar-refractivity contribution in [1.82, 2.24) is 10.6 Å². The van der Waals surface area contributed by atoms with E-state index in [1.165, 1.54) is 0 Å². The van der Waals surface area contributed by atoms with E-state index in [-0.39, 0.29) is 11.4 Å². The number of hydrogen-bond donors (Lipinski definition) is 3. The molecule has 1 amide bonds. The predicted molar refractivity (Wildman–Crippen MR) is 68.4 cm³/mol. The molecule has 0 bridgehead atoms. The molecule has 0 aliphatic heterocycles. The number of rotatable bonds is 6. The van der Waals surface area contributed by atoms with E-state index in [0.717, 1.165) is 6.42 Å². The van der Waals surface area contributed by atoms with Gasteiger partial charge in [0.15, 0.2) is 0 Å². The minimum atomic E-state index is -0.428. The summed E-state index contributed by atoms with van der Waals surface area (Å²) < 4.78 is 0. The van der Waals surface area contributed by atoms with Crippen LogP contribution in [0.15, 0.2) is 0 Å². The van der Waals surface area contributed by atoms with Gasteiger partial charge in [-0.05, 0) is 33.2 Å². The number of hydrogen-bond acceptors (Lipinski definition) is 3. The Morgan fingerprint density at radius 1 is 1.38 bits per heavy atom. The number of aliphatic hydroxyl groups is 1. The van der Waals surface area contributed by atoms with Crippen molar-refractivity contribution >= 4 is 5.91 Å². The van der Waals surface area contributed by atoms with Crippen LogP contribution in [0.2, 0.25) is 0 Å². The summed E-state index contributed by atoms with van der Waals surface area (Å²) >= 11 is 0. The lowest BCUT2D eigenvalue weighted by Crippen LogP contribution is -2.40. The molecule has 1 atom stereocenters. The zero-order chi connectivity index (χ0) is 13.2. The lowest BCUT2D eigenvalue weighted by Gasteiger charge is -2.27. The molecule has 4 heteroatoms. The van der Waals surface area contributed by atoms with Gasteiger partial charge in [0.2, 0.25) is 5.91 Å². The summed E-state index contributed by atoms with van der Waals surface area (Å²) in [5.41, 5.74) is 0.0867. The van der Waals surface area contributed by atoms with Gasteiger partial charge >= 0.3 is 0 Å². The van der Waals surface area contributed by atoms with Gasteiger partial charge in [-0.2, -0.15) is 0 Å². The van der Waals surface area contributed by atoms with Crippen LogP contribution in [0, 0.1) is 5.92 Å². The summed E-state index contributed by atoms with van der Waals surface area (Å²) in [6, 6.07) is 0. The highest BCUT2D eigenvalue weighted by atomic mass is 16.3. The second kappa shape index (κ2) is 9.60. The molecule has 1 unspecified atom stereocenters. The van der Waals surface area contributed by atoms with Crippen LogP contribution in [0.25, 0.3) is 0 Å². The maximum Gasteiger partial charge on any atom is 0.245 e. The van der Waals surface area contributed by atoms with Crippen LogP contribution in [0.1, 0.15) is 41.0 Å². The van der Waals surface area contributed by atoms with Gasteiger partial charge in [0, 0.05) is 12.1 Å². The maximum atomic E-state index is 10.8. The molecular weight excluding hydrogens is 204 g/mol. The molecule has 0 aromatic rings. The SMILES string of the molecule is CC.CNC(C)(C)CC(C)CNC(=O)CO. The van der Waals surface area contributed by atoms with Crippen LogP contribution in [0.3, 0.4) is 0 Å². The lowest BCUT2D eigenvalue weighted by atomic mass is 9.92. The van der Waals surface area contributed by atoms with E-state index in [2.05, 4.69) is 31.4 Å². The van der Waals surface area contributed by atoms with Crippen LogP contribution in [-0.2, 0) is 4.79 Å². The molecule has 0 rings (SSSR count). The first-order chi connectivity index (χ1) is 7.41. The van der Waals surface area contributed by atoms with Gasteiger partial charge < -0.3 is 15.7 Å². The fraction of sp³-hybridized carbons (Fsp3) is 0.917. The number of carbonyl (C=O) groups excluding carboxylic acids is 1. The topological polar surface area (TPSA) is 61.4 Å². The molecule has 0 aliphatic carbocycles. The van der Waals surface area contributed by atoms with Crippen LogP contribution >= 0.6 is 0 Å². The number of carbonyl (C=O) groups is 1. The van der Waals surface area contributed by atoms with E-state index in [0.29, 0.717) is 12.5 Å². The third kappa shape index (κ3) is 9.93. The molecule has 98 valence electrons. The Morgan fingerprint density at radius 3 is 2.25 bits per heavy atom. The Kier molecular flexibility index (Phi) is 10.7. The van der Waals surface area contributed by atoms with Crippen LogP contribution in [-0.4, -0.2) is 36.8 Å². The molecule has 0 saturated heterocycles. The van der Waals surface area contributed by atoms with Crippen molar-refractivity contribution in [2.45, 2.75) is 46.6 Å². The zero-order valence-electron chi connectivity index (χ0n) is 11.6. The van der Waals surface area contributed by atoms with Gasteiger partial charge in [-0.3, -0.25) is 4.79 Å². The Balaban J connectivity index is 0. The zero-order valence-corrected chi connectivity index (χ0v) is 11.6. The van der Waals surface area contributed by atoms with Crippen molar-refractivity contribution in [3.05, 3.63) is 0 Å². The standard InChI is InChI=1S/C10H22N2O2.C2H6/c1-8(5-10(2,3)11-4)6-12-9(14)7-13;1-2/h8,11,13H,5-7H2,1-4H3,(H,12,14);1-2H3. The molecule has 0 aromatic heterocycles. The lowest BCUT2D eigenvalue weighted by molar-refractivity contribution is -0.124. The van der Waals surface area contributed by atoms with Gasteiger partial charge in [0.05, 0.1) is 0 Å². The second-order valence-corrected chi connectivity index (χ2v) is 4.41. The van der Waals surface area contributed by atoms with E-state index < -0.39 is 6.61 Å². The van der Waals surface area contributed by atoms with Gasteiger partial charge in [0.25, 0.3) is 0 Å². The van der Waals surface area contributed by atoms with Crippen LogP contribution in [0.4, 0.5) is 0 Å². The summed E-state index contributed by atoms with van der Waals surface area (Å²) in [5.74, 6) is 0.0899. The predicted octanol–water partition coefficient (Wildman–Crippen LogP) is 1.15. The fourth-order valence-electron chi connectivity index (χ4n) is 1.39. The van der Waals surface area contributed by atoms with E-state index in [1.807, 2.05) is 20.9 Å². The smallest absolute Gasteiger partial charge is 0.245 e. The van der Waals surface area contributed by atoms with Crippen molar-refractivity contribution in [2.75, 3.05) is 20.2 Å². The summed E-state index contributed by atoms with van der Waals surface area (Å²) in [6.07, 6.45) is 0.981. The monoisotopic (exact) mass is 232 g/mol. The third-order valence-electron chi connectivity index (χ3n) is 2.33. The first-order valence-corrected chi connectivity index (χ1v) is 5.97. The molecule has 0 saturated carbocycles. The van der Waals surface area contributed by atoms with Crippen molar-refractivity contribution in [2.24, 2.45) is 5.92 Å². The molecule has 0 radical (unpaired) electrons. The van der Waals surface area contributed by atoms with E-state index >= 15 is 0 Å². The highest BCUT2D eigenvalue weighted by Crippen LogP contribution is 2.14. The molecule has 3 N–H and O–H groups in total. The summed E-state index contributed by atoms with van der Waals surface area (Å²) in [5, 5.41) is 14.4. The highest BCUT2D eigenvalue weighted by molar-refractivity contribution is 5.76. The van der Waals surface area contributed by atoms with E-state index in [9.17, 15) is 4.79 Å². The Bertz CT molecular complexity index is 182. The van der Waals surface area contributed by atoms with Crippen LogP contribution < -0.4 is 10.6 Å². The summed E-state index contributed by atoms with van der Waals surface area (Å²) in [6.45, 7) is 10.5. The van der Waals surface area contributed by atoms with E-state index in [1.54, 1.807) is 0 Å². The quantitative estimate of drug-likeness (QED) is 0.643. The Labute approximate surface area is 99.8 Å². The minimum Gasteiger partial charge on any atom is -0.387 e. The summed E-state index contributed by atoms with van der Waals surface area (Å²) in [7, 11) is 1.93. The Hall–Kier alpha value is -0.610. The molecule has 0 aliphatic rings. The molecular formula is C12H28N2O2. The number of nitrogens with one attached hydrogen (secondary N) is 2. The third-order valence-corrected chi connectivity index (χ3v) is 2.33. The molecule has 0 heterocycles. The van der Waals surface area contributed by atoms with Gasteiger partial charge in [-0.15, -0.1) is 0 Å². The molecule has 0 spiro atoms. The minimum absolute atomic E-state index is 0.0867. The maximum absolute atomic E-state index is 10.8. The highest BCUT2D eigenvalue weighted by Gasteiger charge is 2.18. The largest absolute Gasteiger partial charge is 0.387 e. The van der Waals surface area contributed by atoms with Crippen molar-refractivity contribution < 1.29 is 9.90 Å². The van der Waals surface area contributed by atoms with Gasteiger partial charge in [-0.1, -0.05) is 20.8 Å². The number of aliphatic hydroxyl groups excluding tert-OH is 1. The van der Waals surface area contributed by atoms with Gasteiger partial charge in [0.1, 0.15) is 6.61 Å². The van der Waals surface area contributed by atoms with E-state index in [4.69, 9.17) is 5.11 Å². The molecule has 16 heavy (non-hydrogen) atoms. The number of amides is 1. The molecule has 0 fully saturated rings. The first kappa shape index (κ1) is 17.8. The van der Waals surface area contributed by atoms with Crippen LogP contribution in [0.5, 0.6) is 0 Å². The normalized spacial score (nSPS) is 12.4. The Morgan fingerprint density at radius 2 is 1.88 bits per heavy atom. The average molecular weight is 232 g/mol. The van der Waals surface area contributed by atoms with Crippen molar-refractivity contribution in [3.63, 3.8) is 0 Å². The summed E-state index contributed by atoms with van der Waals surface area (Å²) in [4.78, 5) is 10.8. The first-order valence-electron chi connectivity index (χ1n) is 5.97. The van der Waals surface area contributed by atoms with Crippen molar-refractivity contribution in [1.29, 1.82) is 0 Å².